The Hall–Kier alpha value is -4.22. The Balaban J connectivity index is 1.63. The van der Waals surface area contributed by atoms with Crippen molar-refractivity contribution in [1.82, 2.24) is 14.5 Å². The largest absolute Gasteiger partial charge is 0.497 e. The predicted molar refractivity (Wildman–Crippen MR) is 166 cm³/mol. The van der Waals surface area contributed by atoms with Gasteiger partial charge in [-0.3, -0.25) is 19.2 Å². The molecule has 0 amide bonds. The predicted octanol–water partition coefficient (Wildman–Crippen LogP) is 3.53. The van der Waals surface area contributed by atoms with Crippen LogP contribution in [0.25, 0.3) is 0 Å². The van der Waals surface area contributed by atoms with Gasteiger partial charge in [-0.15, -0.1) is 0 Å². The van der Waals surface area contributed by atoms with Gasteiger partial charge in [0.2, 0.25) is 0 Å². The summed E-state index contributed by atoms with van der Waals surface area (Å²) in [7, 11) is 3.24. The number of methoxy groups -OCH3 is 2. The molecule has 2 N–H and O–H groups in total. The van der Waals surface area contributed by atoms with Crippen molar-refractivity contribution >= 4 is 0 Å². The maximum Gasteiger partial charge on any atom is 0.330 e. The van der Waals surface area contributed by atoms with Gasteiger partial charge in [-0.25, -0.2) is 4.79 Å². The fraction of sp³-hybridized carbons (Fsp3) is 0.353. The first-order valence-corrected chi connectivity index (χ1v) is 14.6. The normalized spacial score (nSPS) is 19.2. The van der Waals surface area contributed by atoms with Crippen molar-refractivity contribution in [2.24, 2.45) is 0 Å². The molecule has 1 aromatic heterocycles. The summed E-state index contributed by atoms with van der Waals surface area (Å²) in [5.74, 6) is 1.41. The van der Waals surface area contributed by atoms with Crippen molar-refractivity contribution in [3.63, 3.8) is 0 Å². The van der Waals surface area contributed by atoms with Gasteiger partial charge < -0.3 is 24.1 Å². The van der Waals surface area contributed by atoms with Gasteiger partial charge in [-0.1, -0.05) is 54.6 Å². The van der Waals surface area contributed by atoms with E-state index in [1.165, 1.54) is 16.8 Å². The van der Waals surface area contributed by atoms with Gasteiger partial charge in [0.25, 0.3) is 5.56 Å². The van der Waals surface area contributed by atoms with Gasteiger partial charge in [-0.2, -0.15) is 0 Å². The molecule has 44 heavy (non-hydrogen) atoms. The van der Waals surface area contributed by atoms with Crippen molar-refractivity contribution in [2.45, 2.75) is 37.3 Å². The molecule has 0 radical (unpaired) electrons. The molecule has 232 valence electrons. The maximum absolute atomic E-state index is 12.8. The van der Waals surface area contributed by atoms with Gasteiger partial charge >= 0.3 is 5.69 Å². The molecular formula is C34H39N3O7. The van der Waals surface area contributed by atoms with E-state index in [1.54, 1.807) is 14.2 Å². The summed E-state index contributed by atoms with van der Waals surface area (Å²) in [4.78, 5) is 29.0. The molecule has 10 heteroatoms. The molecule has 0 spiro atoms. The summed E-state index contributed by atoms with van der Waals surface area (Å²) >= 11 is 0. The lowest BCUT2D eigenvalue weighted by Gasteiger charge is -2.48. The van der Waals surface area contributed by atoms with E-state index in [0.29, 0.717) is 24.6 Å². The van der Waals surface area contributed by atoms with Crippen LogP contribution in [0.4, 0.5) is 0 Å². The Morgan fingerprint density at radius 1 is 0.909 bits per heavy atom. The van der Waals surface area contributed by atoms with Crippen LogP contribution in [0.1, 0.15) is 36.8 Å². The summed E-state index contributed by atoms with van der Waals surface area (Å²) in [6.07, 6.45) is 0.640. The smallest absolute Gasteiger partial charge is 0.330 e. The van der Waals surface area contributed by atoms with Gasteiger partial charge in [0, 0.05) is 31.4 Å². The number of morpholine rings is 1. The van der Waals surface area contributed by atoms with Crippen LogP contribution in [0.2, 0.25) is 0 Å². The summed E-state index contributed by atoms with van der Waals surface area (Å²) in [6, 6.07) is 26.6. The molecule has 4 aromatic rings. The Morgan fingerprint density at radius 2 is 1.48 bits per heavy atom. The van der Waals surface area contributed by atoms with Crippen LogP contribution < -0.4 is 20.7 Å². The molecule has 3 aromatic carbocycles. The quantitative estimate of drug-likeness (QED) is 0.251. The number of rotatable bonds is 11. The number of nitrogens with one attached hydrogen (secondary N) is 1. The van der Waals surface area contributed by atoms with E-state index < -0.39 is 28.7 Å². The Morgan fingerprint density at radius 3 is 1.98 bits per heavy atom. The van der Waals surface area contributed by atoms with E-state index in [2.05, 4.69) is 9.88 Å². The van der Waals surface area contributed by atoms with E-state index in [1.807, 2.05) is 92.7 Å². The number of ether oxygens (including phenoxy) is 4. The first-order valence-electron chi connectivity index (χ1n) is 14.6. The molecule has 0 aliphatic carbocycles. The number of nitrogens with zero attached hydrogens (tertiary/aromatic N) is 2. The fourth-order valence-corrected chi connectivity index (χ4v) is 5.72. The van der Waals surface area contributed by atoms with Crippen LogP contribution in [0.15, 0.2) is 101 Å². The molecule has 1 aliphatic heterocycles. The van der Waals surface area contributed by atoms with Crippen molar-refractivity contribution in [1.29, 1.82) is 0 Å². The third kappa shape index (κ3) is 6.20. The fourth-order valence-electron chi connectivity index (χ4n) is 5.72. The minimum atomic E-state index is -1.22. The molecule has 2 heterocycles. The van der Waals surface area contributed by atoms with Gasteiger partial charge in [-0.05, 0) is 54.8 Å². The highest BCUT2D eigenvalue weighted by Gasteiger charge is 2.46. The van der Waals surface area contributed by atoms with E-state index in [0.717, 1.165) is 16.7 Å². The van der Waals surface area contributed by atoms with Crippen molar-refractivity contribution in [3.8, 4) is 11.5 Å². The Labute approximate surface area is 256 Å². The number of hydrogen-bond donors (Lipinski definition) is 2. The number of hydrogen-bond acceptors (Lipinski definition) is 8. The lowest BCUT2D eigenvalue weighted by molar-refractivity contribution is -0.233. The second-order valence-electron chi connectivity index (χ2n) is 11.2. The number of aliphatic hydroxyl groups is 1. The highest BCUT2D eigenvalue weighted by atomic mass is 16.6. The van der Waals surface area contributed by atoms with Crippen LogP contribution in [-0.2, 0) is 15.1 Å². The molecule has 10 nitrogen and oxygen atoms in total. The zero-order chi connectivity index (χ0) is 31.3. The second-order valence-corrected chi connectivity index (χ2v) is 11.2. The van der Waals surface area contributed by atoms with Crippen LogP contribution in [0.5, 0.6) is 11.5 Å². The zero-order valence-electron chi connectivity index (χ0n) is 25.4. The number of aromatic nitrogens is 2. The lowest BCUT2D eigenvalue weighted by atomic mass is 9.79. The van der Waals surface area contributed by atoms with Gasteiger partial charge in [0.1, 0.15) is 22.7 Å². The third-order valence-corrected chi connectivity index (χ3v) is 8.17. The monoisotopic (exact) mass is 601 g/mol. The Bertz CT molecular complexity index is 1590. The molecule has 2 atom stereocenters. The minimum absolute atomic E-state index is 0.0335. The van der Waals surface area contributed by atoms with Gasteiger partial charge in [0.15, 0.2) is 6.23 Å². The maximum atomic E-state index is 12.8. The average Bonchev–Trinajstić information content (AvgIpc) is 3.06. The summed E-state index contributed by atoms with van der Waals surface area (Å²) in [5.41, 5.74) is -0.881. The molecule has 1 saturated heterocycles. The van der Waals surface area contributed by atoms with Crippen LogP contribution in [-0.4, -0.2) is 71.7 Å². The first kappa shape index (κ1) is 31.2. The van der Waals surface area contributed by atoms with E-state index in [-0.39, 0.29) is 19.3 Å². The van der Waals surface area contributed by atoms with Crippen LogP contribution in [0, 0.1) is 0 Å². The number of H-pyrrole nitrogens is 1. The van der Waals surface area contributed by atoms with E-state index in [9.17, 15) is 14.7 Å². The molecular weight excluding hydrogens is 562 g/mol. The van der Waals surface area contributed by atoms with E-state index in [4.69, 9.17) is 18.9 Å². The third-order valence-electron chi connectivity index (χ3n) is 8.17. The first-order chi connectivity index (χ1) is 21.2. The molecule has 0 unspecified atom stereocenters. The van der Waals surface area contributed by atoms with Crippen molar-refractivity contribution in [2.75, 3.05) is 40.5 Å². The van der Waals surface area contributed by atoms with Gasteiger partial charge in [0.05, 0.1) is 27.4 Å². The van der Waals surface area contributed by atoms with E-state index >= 15 is 0 Å². The standard InChI is InChI=1S/C34H39N3O7/c1-24(2)36-20-31(37-19-18-30(39)35-32(37)40)44-33(21-36,22-38)23-43-34(25-8-6-5-7-9-25,26-10-14-28(41-3)15-11-26)27-12-16-29(42-4)17-13-27/h5-19,24,31,38H,20-23H2,1-4H3,(H,35,39,40)/t31-,33+/m1/s1. The zero-order valence-corrected chi connectivity index (χ0v) is 25.4. The van der Waals surface area contributed by atoms with Crippen molar-refractivity contribution in [3.05, 3.63) is 129 Å². The number of aliphatic hydroxyl groups excluding tert-OH is 1. The molecule has 1 fully saturated rings. The lowest BCUT2D eigenvalue weighted by Crippen LogP contribution is -2.61. The minimum Gasteiger partial charge on any atom is -0.497 e. The molecule has 0 saturated carbocycles. The molecule has 0 bridgehead atoms. The summed E-state index contributed by atoms with van der Waals surface area (Å²) < 4.78 is 25.9. The second kappa shape index (κ2) is 13.2. The summed E-state index contributed by atoms with van der Waals surface area (Å²) in [6.45, 7) is 4.42. The number of benzene rings is 3. The van der Waals surface area contributed by atoms with Crippen LogP contribution >= 0.6 is 0 Å². The van der Waals surface area contributed by atoms with Crippen LogP contribution in [0.3, 0.4) is 0 Å². The topological polar surface area (TPSA) is 115 Å². The Kier molecular flexibility index (Phi) is 9.36. The average molecular weight is 602 g/mol. The molecule has 1 aliphatic rings. The summed E-state index contributed by atoms with van der Waals surface area (Å²) in [5, 5.41) is 11.0. The highest BCUT2D eigenvalue weighted by molar-refractivity contribution is 5.49. The SMILES string of the molecule is COc1ccc(C(OC[C@@]2(CO)CN(C(C)C)C[C@H](n3ccc(=O)[nH]c3=O)O2)(c2ccccc2)c2ccc(OC)cc2)cc1. The van der Waals surface area contributed by atoms with Crippen molar-refractivity contribution < 1.29 is 24.1 Å². The number of aromatic amines is 1. The highest BCUT2D eigenvalue weighted by Crippen LogP contribution is 2.43. The molecule has 5 rings (SSSR count).